The topological polar surface area (TPSA) is 3.24 Å². The minimum absolute atomic E-state index is 0.678. The molecule has 0 spiro atoms. The van der Waals surface area contributed by atoms with Crippen molar-refractivity contribution in [2.45, 2.75) is 0 Å². The van der Waals surface area contributed by atoms with Crippen LogP contribution in [0, 0.1) is 0 Å². The fraction of sp³-hybridized carbons (Fsp3) is 0.143. The van der Waals surface area contributed by atoms with Gasteiger partial charge in [-0.2, -0.15) is 0 Å². The zero-order valence-corrected chi connectivity index (χ0v) is 7.91. The van der Waals surface area contributed by atoms with Crippen LogP contribution < -0.4 is 0 Å². The Hall–Kier alpha value is -0.210. The summed E-state index contributed by atoms with van der Waals surface area (Å²) >= 11 is 9.13. The molecule has 0 radical (unpaired) electrons. The van der Waals surface area contributed by atoms with Crippen molar-refractivity contribution in [2.75, 3.05) is 7.05 Å². The van der Waals surface area contributed by atoms with Crippen LogP contribution in [0.4, 0.5) is 0 Å². The molecule has 0 aromatic rings. The molecule has 1 rings (SSSR count). The molecule has 0 saturated heterocycles. The van der Waals surface area contributed by atoms with Gasteiger partial charge in [-0.05, 0) is 15.9 Å². The van der Waals surface area contributed by atoms with E-state index in [1.807, 2.05) is 24.3 Å². The van der Waals surface area contributed by atoms with Crippen molar-refractivity contribution in [2.24, 2.45) is 0 Å². The minimum atomic E-state index is 0.678. The van der Waals surface area contributed by atoms with E-state index < -0.39 is 0 Å². The number of allylic oxidation sites excluding steroid dienone is 3. The molecule has 0 aromatic carbocycles. The second-order valence-corrected chi connectivity index (χ2v) is 3.36. The summed E-state index contributed by atoms with van der Waals surface area (Å²) in [6.07, 6.45) is 3.73. The Bertz CT molecular complexity index is 208. The summed E-state index contributed by atoms with van der Waals surface area (Å²) in [7, 11) is 1.91. The van der Waals surface area contributed by atoms with Crippen molar-refractivity contribution in [1.82, 2.24) is 4.90 Å². The van der Waals surface area contributed by atoms with Crippen molar-refractivity contribution >= 4 is 27.5 Å². The van der Waals surface area contributed by atoms with Gasteiger partial charge in [0.25, 0.3) is 0 Å². The quantitative estimate of drug-likeness (QED) is 0.607. The fourth-order valence-corrected chi connectivity index (χ4v) is 1.57. The first-order valence-corrected chi connectivity index (χ1v) is 3.94. The molecule has 0 saturated carbocycles. The Morgan fingerprint density at radius 3 is 2.70 bits per heavy atom. The monoisotopic (exact) mass is 219 g/mol. The molecule has 0 aliphatic carbocycles. The van der Waals surface area contributed by atoms with E-state index in [4.69, 9.17) is 11.6 Å². The first-order valence-electron chi connectivity index (χ1n) is 2.77. The highest BCUT2D eigenvalue weighted by Crippen LogP contribution is 2.29. The van der Waals surface area contributed by atoms with Crippen LogP contribution in [0.1, 0.15) is 0 Å². The summed E-state index contributed by atoms with van der Waals surface area (Å²) in [5.74, 6) is 0. The van der Waals surface area contributed by atoms with Crippen LogP contribution in [0.15, 0.2) is 34.1 Å². The zero-order chi connectivity index (χ0) is 7.72. The van der Waals surface area contributed by atoms with E-state index in [0.29, 0.717) is 5.03 Å². The highest BCUT2D eigenvalue weighted by atomic mass is 79.9. The predicted molar refractivity (Wildman–Crippen MR) is 47.8 cm³/mol. The molecular weight excluding hydrogens is 213 g/mol. The highest BCUT2D eigenvalue weighted by Gasteiger charge is 2.09. The summed E-state index contributed by atoms with van der Waals surface area (Å²) in [6.45, 7) is 3.77. The molecule has 0 aromatic heterocycles. The fourth-order valence-electron chi connectivity index (χ4n) is 0.665. The van der Waals surface area contributed by atoms with E-state index in [1.165, 1.54) is 0 Å². The lowest BCUT2D eigenvalue weighted by Gasteiger charge is -2.16. The standard InChI is InChI=1S/C7H7BrClN/c1-5-6(8)3-10(2)4-7(5)9/h3-4H,1H2,2H3. The van der Waals surface area contributed by atoms with E-state index >= 15 is 0 Å². The number of hydrogen-bond donors (Lipinski definition) is 0. The van der Waals surface area contributed by atoms with Crippen molar-refractivity contribution in [1.29, 1.82) is 0 Å². The smallest absolute Gasteiger partial charge is 0.0646 e. The lowest BCUT2D eigenvalue weighted by molar-refractivity contribution is 0.617. The van der Waals surface area contributed by atoms with E-state index in [0.717, 1.165) is 10.1 Å². The molecule has 0 bridgehead atoms. The Morgan fingerprint density at radius 1 is 1.60 bits per heavy atom. The van der Waals surface area contributed by atoms with Crippen molar-refractivity contribution < 1.29 is 0 Å². The number of halogens is 2. The molecule has 0 atom stereocenters. The lowest BCUT2D eigenvalue weighted by atomic mass is 10.2. The van der Waals surface area contributed by atoms with Gasteiger partial charge in [0.05, 0.1) is 5.03 Å². The van der Waals surface area contributed by atoms with Gasteiger partial charge in [0.15, 0.2) is 0 Å². The van der Waals surface area contributed by atoms with Gasteiger partial charge in [0.2, 0.25) is 0 Å². The van der Waals surface area contributed by atoms with Crippen LogP contribution in [-0.4, -0.2) is 11.9 Å². The van der Waals surface area contributed by atoms with E-state index in [9.17, 15) is 0 Å². The number of hydrogen-bond acceptors (Lipinski definition) is 1. The molecule has 54 valence electrons. The maximum Gasteiger partial charge on any atom is 0.0646 e. The van der Waals surface area contributed by atoms with Gasteiger partial charge in [-0.15, -0.1) is 0 Å². The zero-order valence-electron chi connectivity index (χ0n) is 5.56. The average Bonchev–Trinajstić information content (AvgIpc) is 1.82. The molecule has 0 fully saturated rings. The summed E-state index contributed by atoms with van der Waals surface area (Å²) < 4.78 is 0.933. The Balaban J connectivity index is 2.94. The number of rotatable bonds is 0. The Labute approximate surface area is 73.8 Å². The third-order valence-corrected chi connectivity index (χ3v) is 2.22. The normalized spacial score (nSPS) is 18.7. The van der Waals surface area contributed by atoms with Crippen molar-refractivity contribution in [3.8, 4) is 0 Å². The molecule has 1 nitrogen and oxygen atoms in total. The van der Waals surface area contributed by atoms with Gasteiger partial charge in [-0.25, -0.2) is 0 Å². The van der Waals surface area contributed by atoms with Crippen LogP contribution in [0.5, 0.6) is 0 Å². The summed E-state index contributed by atoms with van der Waals surface area (Å²) in [4.78, 5) is 1.88. The summed E-state index contributed by atoms with van der Waals surface area (Å²) in [6, 6.07) is 0. The molecule has 1 aliphatic heterocycles. The van der Waals surface area contributed by atoms with Gasteiger partial charge in [0, 0.05) is 29.5 Å². The molecule has 10 heavy (non-hydrogen) atoms. The first kappa shape index (κ1) is 7.89. The van der Waals surface area contributed by atoms with Crippen LogP contribution >= 0.6 is 27.5 Å². The van der Waals surface area contributed by atoms with Gasteiger partial charge in [-0.1, -0.05) is 18.2 Å². The van der Waals surface area contributed by atoms with Crippen LogP contribution in [-0.2, 0) is 0 Å². The molecule has 1 aliphatic rings. The number of nitrogens with zero attached hydrogens (tertiary/aromatic N) is 1. The lowest BCUT2D eigenvalue weighted by Crippen LogP contribution is -2.07. The maximum atomic E-state index is 5.81. The molecule has 3 heteroatoms. The summed E-state index contributed by atoms with van der Waals surface area (Å²) in [5, 5.41) is 0.678. The Morgan fingerprint density at radius 2 is 2.20 bits per heavy atom. The van der Waals surface area contributed by atoms with E-state index in [-0.39, 0.29) is 0 Å². The third-order valence-electron chi connectivity index (χ3n) is 1.21. The molecule has 0 amide bonds. The van der Waals surface area contributed by atoms with Crippen LogP contribution in [0.3, 0.4) is 0 Å². The molecule has 0 unspecified atom stereocenters. The molecule has 0 N–H and O–H groups in total. The highest BCUT2D eigenvalue weighted by molar-refractivity contribution is 9.12. The average molecular weight is 220 g/mol. The van der Waals surface area contributed by atoms with Crippen LogP contribution in [0.25, 0.3) is 0 Å². The van der Waals surface area contributed by atoms with Gasteiger partial charge in [-0.3, -0.25) is 0 Å². The molecule has 1 heterocycles. The first-order chi connectivity index (χ1) is 4.61. The van der Waals surface area contributed by atoms with E-state index in [2.05, 4.69) is 22.5 Å². The minimum Gasteiger partial charge on any atom is -0.355 e. The predicted octanol–water partition coefficient (Wildman–Crippen LogP) is 2.80. The summed E-state index contributed by atoms with van der Waals surface area (Å²) in [5.41, 5.74) is 0.833. The van der Waals surface area contributed by atoms with Gasteiger partial charge in [0.1, 0.15) is 0 Å². The third kappa shape index (κ3) is 1.44. The van der Waals surface area contributed by atoms with Gasteiger partial charge >= 0.3 is 0 Å². The largest absolute Gasteiger partial charge is 0.355 e. The maximum absolute atomic E-state index is 5.81. The van der Waals surface area contributed by atoms with Crippen molar-refractivity contribution in [3.05, 3.63) is 34.1 Å². The van der Waals surface area contributed by atoms with E-state index in [1.54, 1.807) is 0 Å². The molecular formula is C7H7BrClN. The Kier molecular flexibility index (Phi) is 2.21. The van der Waals surface area contributed by atoms with Gasteiger partial charge < -0.3 is 4.90 Å². The second-order valence-electron chi connectivity index (χ2n) is 2.10. The second kappa shape index (κ2) is 2.81. The van der Waals surface area contributed by atoms with Crippen molar-refractivity contribution in [3.63, 3.8) is 0 Å². The SMILES string of the molecule is C=C1C(Cl)=CN(C)C=C1Br. The van der Waals surface area contributed by atoms with Crippen LogP contribution in [0.2, 0.25) is 0 Å².